The molecule has 328 valence electrons. The Morgan fingerprint density at radius 3 is 1.44 bits per heavy atom. The maximum Gasteiger partial charge on any atom is 0.472 e. The van der Waals surface area contributed by atoms with Crippen LogP contribution in [0.1, 0.15) is 168 Å². The zero-order valence-electron chi connectivity index (χ0n) is 35.7. The fourth-order valence-electron chi connectivity index (χ4n) is 5.63. The lowest BCUT2D eigenvalue weighted by Gasteiger charge is -2.20. The van der Waals surface area contributed by atoms with E-state index in [4.69, 9.17) is 29.4 Å². The minimum Gasteiger partial charge on any atom is -0.480 e. The summed E-state index contributed by atoms with van der Waals surface area (Å²) in [5.41, 5.74) is 5.36. The van der Waals surface area contributed by atoms with Crippen molar-refractivity contribution in [1.29, 1.82) is 0 Å². The number of phosphoric ester groups is 1. The van der Waals surface area contributed by atoms with Gasteiger partial charge in [-0.1, -0.05) is 157 Å². The lowest BCUT2D eigenvalue weighted by molar-refractivity contribution is -0.154. The van der Waals surface area contributed by atoms with Gasteiger partial charge in [0, 0.05) is 13.0 Å². The van der Waals surface area contributed by atoms with E-state index in [-0.39, 0.29) is 13.0 Å². The number of hydrogen-bond donors (Lipinski definition) is 3. The molecule has 0 aromatic rings. The molecule has 57 heavy (non-hydrogen) atoms. The Bertz CT molecular complexity index is 1180. The van der Waals surface area contributed by atoms with Crippen molar-refractivity contribution in [1.82, 2.24) is 0 Å². The van der Waals surface area contributed by atoms with Crippen molar-refractivity contribution < 1.29 is 42.7 Å². The summed E-state index contributed by atoms with van der Waals surface area (Å²) in [5, 5.41) is 8.90. The first-order chi connectivity index (χ1) is 27.7. The van der Waals surface area contributed by atoms with E-state index < -0.39 is 45.1 Å². The van der Waals surface area contributed by atoms with Gasteiger partial charge in [-0.25, -0.2) is 4.57 Å². The first kappa shape index (κ1) is 54.4. The highest BCUT2D eigenvalue weighted by Gasteiger charge is 2.27. The standard InChI is InChI=1S/C46H80NO9P/c1-3-5-7-9-11-13-15-17-19-21-23-25-27-29-31-33-35-37-39-53-40-43(41-54-57(51,52)55-42-44(47)46(49)50)56-45(48)38-36-34-32-30-28-26-24-22-20-18-16-14-12-10-8-6-4-2/h5-8,11-14,17-20,43-44H,3-4,9-10,15-16,21-42,47H2,1-2H3,(H,49,50)(H,51,52)/b7-5-,8-6-,13-11-,14-12-,19-17-,20-18-. The van der Waals surface area contributed by atoms with Gasteiger partial charge in [0.05, 0.1) is 19.8 Å². The average molecular weight is 822 g/mol. The normalized spacial score (nSPS) is 14.6. The molecular formula is C46H80NO9P. The van der Waals surface area contributed by atoms with Crippen molar-refractivity contribution in [2.75, 3.05) is 26.4 Å². The number of carboxylic acids is 1. The number of esters is 1. The average Bonchev–Trinajstić information content (AvgIpc) is 3.19. The fraction of sp³-hybridized carbons (Fsp3) is 0.696. The summed E-state index contributed by atoms with van der Waals surface area (Å²) >= 11 is 0. The third kappa shape index (κ3) is 41.4. The minimum atomic E-state index is -4.63. The third-order valence-corrected chi connectivity index (χ3v) is 9.93. The van der Waals surface area contributed by atoms with Crippen LogP contribution in [0.2, 0.25) is 0 Å². The SMILES string of the molecule is CC/C=C\C/C=C\C/C=C\CCCCCCCCCCOCC(COP(=O)(O)OCC(N)C(=O)O)OC(=O)CCCCCCCCC/C=C\C/C=C\C/C=C\CC. The predicted molar refractivity (Wildman–Crippen MR) is 235 cm³/mol. The van der Waals surface area contributed by atoms with Crippen LogP contribution < -0.4 is 5.73 Å². The molecule has 0 fully saturated rings. The zero-order valence-corrected chi connectivity index (χ0v) is 36.6. The second kappa shape index (κ2) is 41.6. The zero-order chi connectivity index (χ0) is 41.9. The topological polar surface area (TPSA) is 155 Å². The van der Waals surface area contributed by atoms with Crippen molar-refractivity contribution in [3.63, 3.8) is 0 Å². The summed E-state index contributed by atoms with van der Waals surface area (Å²) in [7, 11) is -4.63. The molecule has 0 aliphatic carbocycles. The van der Waals surface area contributed by atoms with Crippen LogP contribution in [-0.4, -0.2) is 60.5 Å². The molecule has 10 nitrogen and oxygen atoms in total. The van der Waals surface area contributed by atoms with E-state index in [1.54, 1.807) is 0 Å². The number of carboxylic acid groups (broad SMARTS) is 1. The number of phosphoric acid groups is 1. The highest BCUT2D eigenvalue weighted by molar-refractivity contribution is 7.47. The number of ether oxygens (including phenoxy) is 2. The Morgan fingerprint density at radius 1 is 0.561 bits per heavy atom. The monoisotopic (exact) mass is 822 g/mol. The number of carbonyl (C=O) groups excluding carboxylic acids is 1. The molecular weight excluding hydrogens is 741 g/mol. The minimum absolute atomic E-state index is 0.00392. The molecule has 4 N–H and O–H groups in total. The molecule has 0 saturated carbocycles. The number of hydrogen-bond acceptors (Lipinski definition) is 8. The molecule has 3 atom stereocenters. The highest BCUT2D eigenvalue weighted by Crippen LogP contribution is 2.43. The van der Waals surface area contributed by atoms with Crippen LogP contribution in [0.4, 0.5) is 0 Å². The van der Waals surface area contributed by atoms with Gasteiger partial charge in [-0.05, 0) is 77.0 Å². The molecule has 11 heteroatoms. The number of allylic oxidation sites excluding steroid dienone is 12. The van der Waals surface area contributed by atoms with Crippen LogP contribution in [0.5, 0.6) is 0 Å². The van der Waals surface area contributed by atoms with E-state index in [2.05, 4.69) is 86.8 Å². The number of rotatable bonds is 41. The lowest BCUT2D eigenvalue weighted by Crippen LogP contribution is -2.34. The van der Waals surface area contributed by atoms with Crippen LogP contribution in [0.15, 0.2) is 72.9 Å². The Hall–Kier alpha value is -2.59. The quantitative estimate of drug-likeness (QED) is 0.0235. The molecule has 0 aliphatic rings. The molecule has 0 heterocycles. The fourth-order valence-corrected chi connectivity index (χ4v) is 6.41. The largest absolute Gasteiger partial charge is 0.480 e. The molecule has 3 unspecified atom stereocenters. The smallest absolute Gasteiger partial charge is 0.472 e. The highest BCUT2D eigenvalue weighted by atomic mass is 31.2. The van der Waals surface area contributed by atoms with Crippen molar-refractivity contribution in [3.05, 3.63) is 72.9 Å². The third-order valence-electron chi connectivity index (χ3n) is 8.98. The molecule has 0 radical (unpaired) electrons. The van der Waals surface area contributed by atoms with E-state index in [9.17, 15) is 19.0 Å². The Labute approximate surface area is 346 Å². The van der Waals surface area contributed by atoms with Gasteiger partial charge in [0.25, 0.3) is 0 Å². The van der Waals surface area contributed by atoms with Crippen molar-refractivity contribution in [2.24, 2.45) is 5.73 Å². The predicted octanol–water partition coefficient (Wildman–Crippen LogP) is 12.2. The van der Waals surface area contributed by atoms with Crippen LogP contribution >= 0.6 is 7.82 Å². The summed E-state index contributed by atoms with van der Waals surface area (Å²) in [4.78, 5) is 33.6. The van der Waals surface area contributed by atoms with Gasteiger partial charge in [-0.3, -0.25) is 18.6 Å². The maximum absolute atomic E-state index is 12.6. The van der Waals surface area contributed by atoms with Gasteiger partial charge in [-0.2, -0.15) is 0 Å². The molecule has 0 aromatic heterocycles. The summed E-state index contributed by atoms with van der Waals surface area (Å²) in [6, 6.07) is -1.48. The van der Waals surface area contributed by atoms with E-state index in [1.165, 1.54) is 51.4 Å². The van der Waals surface area contributed by atoms with E-state index in [1.807, 2.05) is 0 Å². The second-order valence-electron chi connectivity index (χ2n) is 14.4. The van der Waals surface area contributed by atoms with Gasteiger partial charge >= 0.3 is 19.8 Å². The molecule has 0 aromatic carbocycles. The van der Waals surface area contributed by atoms with Gasteiger partial charge in [0.2, 0.25) is 0 Å². The second-order valence-corrected chi connectivity index (χ2v) is 15.9. The van der Waals surface area contributed by atoms with Crippen LogP contribution in [-0.2, 0) is 32.7 Å². The van der Waals surface area contributed by atoms with Gasteiger partial charge in [-0.15, -0.1) is 0 Å². The lowest BCUT2D eigenvalue weighted by atomic mass is 10.1. The summed E-state index contributed by atoms with van der Waals surface area (Å²) in [6.07, 6.45) is 50.9. The molecule has 0 bridgehead atoms. The number of nitrogens with two attached hydrogens (primary N) is 1. The van der Waals surface area contributed by atoms with Gasteiger partial charge in [0.15, 0.2) is 0 Å². The summed E-state index contributed by atoms with van der Waals surface area (Å²) in [5.74, 6) is -1.80. The number of carbonyl (C=O) groups is 2. The molecule has 0 saturated heterocycles. The first-order valence-corrected chi connectivity index (χ1v) is 23.5. The van der Waals surface area contributed by atoms with Crippen LogP contribution in [0.25, 0.3) is 0 Å². The summed E-state index contributed by atoms with van der Waals surface area (Å²) < 4.78 is 33.4. The van der Waals surface area contributed by atoms with Crippen molar-refractivity contribution in [2.45, 2.75) is 180 Å². The Kier molecular flexibility index (Phi) is 39.7. The van der Waals surface area contributed by atoms with E-state index >= 15 is 0 Å². The van der Waals surface area contributed by atoms with Crippen molar-refractivity contribution >= 4 is 19.8 Å². The Balaban J connectivity index is 4.26. The molecule has 0 amide bonds. The molecule has 0 aliphatic heterocycles. The maximum atomic E-state index is 12.6. The van der Waals surface area contributed by atoms with Crippen LogP contribution in [0.3, 0.4) is 0 Å². The number of aliphatic carboxylic acids is 1. The molecule has 0 spiro atoms. The number of unbranched alkanes of at least 4 members (excludes halogenated alkanes) is 15. The van der Waals surface area contributed by atoms with Crippen LogP contribution in [0, 0.1) is 0 Å². The first-order valence-electron chi connectivity index (χ1n) is 22.0. The van der Waals surface area contributed by atoms with E-state index in [0.29, 0.717) is 13.0 Å². The van der Waals surface area contributed by atoms with Gasteiger partial charge in [0.1, 0.15) is 12.1 Å². The summed E-state index contributed by atoms with van der Waals surface area (Å²) in [6.45, 7) is 3.62. The Morgan fingerprint density at radius 2 is 0.965 bits per heavy atom. The molecule has 0 rings (SSSR count). The van der Waals surface area contributed by atoms with E-state index in [0.717, 1.165) is 89.9 Å². The van der Waals surface area contributed by atoms with Gasteiger partial charge < -0.3 is 25.2 Å². The van der Waals surface area contributed by atoms with Crippen molar-refractivity contribution in [3.8, 4) is 0 Å².